The minimum Gasteiger partial charge on any atom is -0.436 e. The number of likely N-dealkylation sites (tertiary alicyclic amines) is 1. The Bertz CT molecular complexity index is 380. The fraction of sp³-hybridized carbons (Fsp3) is 0.600. The van der Waals surface area contributed by atoms with Crippen LogP contribution in [0.1, 0.15) is 22.1 Å². The minimum atomic E-state index is -0.127. The highest BCUT2D eigenvalue weighted by molar-refractivity contribution is 5.93. The summed E-state index contributed by atoms with van der Waals surface area (Å²) in [5, 5.41) is 8.84. The number of hydrogen-bond acceptors (Lipinski definition) is 4. The molecule has 0 unspecified atom stereocenters. The first-order chi connectivity index (χ1) is 7.11. The molecule has 82 valence electrons. The van der Waals surface area contributed by atoms with Gasteiger partial charge in [0.2, 0.25) is 5.76 Å². The molecule has 2 heterocycles. The van der Waals surface area contributed by atoms with Crippen LogP contribution in [0.3, 0.4) is 0 Å². The quantitative estimate of drug-likeness (QED) is 0.765. The van der Waals surface area contributed by atoms with Crippen LogP contribution in [0, 0.1) is 19.8 Å². The maximum atomic E-state index is 11.8. The van der Waals surface area contributed by atoms with Crippen molar-refractivity contribution < 1.29 is 14.3 Å². The topological polar surface area (TPSA) is 66.6 Å². The lowest BCUT2D eigenvalue weighted by Crippen LogP contribution is -2.51. The first kappa shape index (κ1) is 10.2. The Morgan fingerprint density at radius 1 is 1.60 bits per heavy atom. The molecule has 1 aromatic heterocycles. The molecule has 1 aliphatic rings. The van der Waals surface area contributed by atoms with Crippen LogP contribution in [0.15, 0.2) is 4.42 Å². The summed E-state index contributed by atoms with van der Waals surface area (Å²) in [6, 6.07) is 0. The van der Waals surface area contributed by atoms with Crippen molar-refractivity contribution in [3.8, 4) is 0 Å². The van der Waals surface area contributed by atoms with E-state index in [4.69, 9.17) is 9.52 Å². The third kappa shape index (κ3) is 1.74. The number of carbonyl (C=O) groups excluding carboxylic acids is 1. The largest absolute Gasteiger partial charge is 0.436 e. The van der Waals surface area contributed by atoms with Gasteiger partial charge in [-0.3, -0.25) is 4.79 Å². The van der Waals surface area contributed by atoms with Crippen LogP contribution >= 0.6 is 0 Å². The SMILES string of the molecule is Cc1nc(C)c(C(=O)N2CC(CO)C2)o1. The number of aliphatic hydroxyl groups is 1. The van der Waals surface area contributed by atoms with Crippen molar-refractivity contribution in [2.24, 2.45) is 5.92 Å². The molecule has 0 radical (unpaired) electrons. The summed E-state index contributed by atoms with van der Waals surface area (Å²) in [4.78, 5) is 17.5. The van der Waals surface area contributed by atoms with Gasteiger partial charge in [-0.25, -0.2) is 4.98 Å². The first-order valence-electron chi connectivity index (χ1n) is 4.96. The van der Waals surface area contributed by atoms with Crippen molar-refractivity contribution in [1.29, 1.82) is 0 Å². The molecular weight excluding hydrogens is 196 g/mol. The Hall–Kier alpha value is -1.36. The molecule has 1 amide bonds. The molecule has 1 aliphatic heterocycles. The Morgan fingerprint density at radius 3 is 2.73 bits per heavy atom. The molecule has 5 heteroatoms. The molecule has 0 saturated carbocycles. The highest BCUT2D eigenvalue weighted by Crippen LogP contribution is 2.20. The molecule has 15 heavy (non-hydrogen) atoms. The van der Waals surface area contributed by atoms with Crippen molar-refractivity contribution in [2.75, 3.05) is 19.7 Å². The van der Waals surface area contributed by atoms with Gasteiger partial charge >= 0.3 is 0 Å². The van der Waals surface area contributed by atoms with Gasteiger partial charge in [-0.1, -0.05) is 0 Å². The van der Waals surface area contributed by atoms with Crippen molar-refractivity contribution in [1.82, 2.24) is 9.88 Å². The number of rotatable bonds is 2. The second-order valence-corrected chi connectivity index (χ2v) is 3.91. The molecule has 0 bridgehead atoms. The fourth-order valence-electron chi connectivity index (χ4n) is 1.72. The van der Waals surface area contributed by atoms with Gasteiger partial charge in [-0.15, -0.1) is 0 Å². The zero-order valence-electron chi connectivity index (χ0n) is 8.86. The lowest BCUT2D eigenvalue weighted by Gasteiger charge is -2.37. The molecule has 2 rings (SSSR count). The molecule has 1 saturated heterocycles. The Kier molecular flexibility index (Phi) is 2.48. The van der Waals surface area contributed by atoms with Crippen molar-refractivity contribution in [3.63, 3.8) is 0 Å². The Morgan fingerprint density at radius 2 is 2.27 bits per heavy atom. The number of oxazole rings is 1. The van der Waals surface area contributed by atoms with E-state index >= 15 is 0 Å². The Labute approximate surface area is 87.7 Å². The highest BCUT2D eigenvalue weighted by Gasteiger charge is 2.33. The summed E-state index contributed by atoms with van der Waals surface area (Å²) in [6.45, 7) is 4.82. The van der Waals surface area contributed by atoms with Gasteiger partial charge in [0, 0.05) is 32.5 Å². The van der Waals surface area contributed by atoms with Crippen LogP contribution in [-0.2, 0) is 0 Å². The van der Waals surface area contributed by atoms with E-state index in [1.807, 2.05) is 0 Å². The van der Waals surface area contributed by atoms with Crippen molar-refractivity contribution >= 4 is 5.91 Å². The molecule has 0 atom stereocenters. The van der Waals surface area contributed by atoms with E-state index in [1.165, 1.54) is 0 Å². The number of hydrogen-bond donors (Lipinski definition) is 1. The van der Waals surface area contributed by atoms with E-state index in [9.17, 15) is 4.79 Å². The number of aromatic nitrogens is 1. The first-order valence-corrected chi connectivity index (χ1v) is 4.96. The van der Waals surface area contributed by atoms with Gasteiger partial charge in [0.05, 0.1) is 5.69 Å². The number of aryl methyl sites for hydroxylation is 2. The molecule has 1 aromatic rings. The third-order valence-corrected chi connectivity index (χ3v) is 2.60. The van der Waals surface area contributed by atoms with Gasteiger partial charge in [0.1, 0.15) is 0 Å². The molecule has 0 spiro atoms. The van der Waals surface area contributed by atoms with Crippen LogP contribution in [-0.4, -0.2) is 40.6 Å². The van der Waals surface area contributed by atoms with Gasteiger partial charge in [0.25, 0.3) is 5.91 Å². The van der Waals surface area contributed by atoms with Crippen LogP contribution < -0.4 is 0 Å². The summed E-state index contributed by atoms with van der Waals surface area (Å²) in [6.07, 6.45) is 0. The van der Waals surface area contributed by atoms with E-state index < -0.39 is 0 Å². The maximum absolute atomic E-state index is 11.8. The lowest BCUT2D eigenvalue weighted by atomic mass is 10.0. The zero-order chi connectivity index (χ0) is 11.0. The van der Waals surface area contributed by atoms with Crippen molar-refractivity contribution in [2.45, 2.75) is 13.8 Å². The number of carbonyl (C=O) groups is 1. The van der Waals surface area contributed by atoms with Crippen LogP contribution in [0.25, 0.3) is 0 Å². The van der Waals surface area contributed by atoms with E-state index in [1.54, 1.807) is 18.7 Å². The van der Waals surface area contributed by atoms with Crippen LogP contribution in [0.4, 0.5) is 0 Å². The van der Waals surface area contributed by atoms with Crippen LogP contribution in [0.2, 0.25) is 0 Å². The lowest BCUT2D eigenvalue weighted by molar-refractivity contribution is 0.0332. The monoisotopic (exact) mass is 210 g/mol. The summed E-state index contributed by atoms with van der Waals surface area (Å²) >= 11 is 0. The van der Waals surface area contributed by atoms with Gasteiger partial charge in [-0.05, 0) is 6.92 Å². The van der Waals surface area contributed by atoms with Gasteiger partial charge < -0.3 is 14.4 Å². The predicted molar refractivity (Wildman–Crippen MR) is 52.5 cm³/mol. The predicted octanol–water partition coefficient (Wildman–Crippen LogP) is 0.356. The maximum Gasteiger partial charge on any atom is 0.291 e. The highest BCUT2D eigenvalue weighted by atomic mass is 16.4. The molecule has 1 fully saturated rings. The van der Waals surface area contributed by atoms with E-state index in [0.717, 1.165) is 0 Å². The molecular formula is C10H14N2O3. The summed E-state index contributed by atoms with van der Waals surface area (Å²) < 4.78 is 5.24. The number of amides is 1. The molecule has 0 aromatic carbocycles. The normalized spacial score (nSPS) is 16.6. The summed E-state index contributed by atoms with van der Waals surface area (Å²) in [7, 11) is 0. The van der Waals surface area contributed by atoms with Gasteiger partial charge in [0.15, 0.2) is 5.89 Å². The van der Waals surface area contributed by atoms with E-state index in [0.29, 0.717) is 30.4 Å². The number of aliphatic hydroxyl groups excluding tert-OH is 1. The Balaban J connectivity index is 2.06. The average molecular weight is 210 g/mol. The summed E-state index contributed by atoms with van der Waals surface area (Å²) in [5.41, 5.74) is 0.630. The smallest absolute Gasteiger partial charge is 0.291 e. The molecule has 5 nitrogen and oxygen atoms in total. The molecule has 0 aliphatic carbocycles. The second-order valence-electron chi connectivity index (χ2n) is 3.91. The van der Waals surface area contributed by atoms with E-state index in [2.05, 4.69) is 4.98 Å². The van der Waals surface area contributed by atoms with Crippen molar-refractivity contribution in [3.05, 3.63) is 17.3 Å². The standard InChI is InChI=1S/C10H14N2O3/c1-6-9(15-7(2)11-6)10(14)12-3-8(4-12)5-13/h8,13H,3-5H2,1-2H3. The summed E-state index contributed by atoms with van der Waals surface area (Å²) in [5.74, 6) is 0.926. The zero-order valence-corrected chi connectivity index (χ0v) is 8.86. The fourth-order valence-corrected chi connectivity index (χ4v) is 1.72. The van der Waals surface area contributed by atoms with Crippen LogP contribution in [0.5, 0.6) is 0 Å². The van der Waals surface area contributed by atoms with Gasteiger partial charge in [-0.2, -0.15) is 0 Å². The molecule has 1 N–H and O–H groups in total. The average Bonchev–Trinajstić information content (AvgIpc) is 2.43. The third-order valence-electron chi connectivity index (χ3n) is 2.60. The second kappa shape index (κ2) is 3.66. The van der Waals surface area contributed by atoms with E-state index in [-0.39, 0.29) is 18.4 Å². The number of nitrogens with zero attached hydrogens (tertiary/aromatic N) is 2. The minimum absolute atomic E-state index is 0.127.